The first-order chi connectivity index (χ1) is 40.3. The number of aryl methyl sites for hydroxylation is 2. The van der Waals surface area contributed by atoms with Gasteiger partial charge in [-0.05, 0) is 173 Å². The van der Waals surface area contributed by atoms with Gasteiger partial charge in [0, 0.05) is 32.8 Å². The zero-order valence-corrected chi connectivity index (χ0v) is 48.7. The summed E-state index contributed by atoms with van der Waals surface area (Å²) in [5.41, 5.74) is 22.4. The predicted octanol–water partition coefficient (Wildman–Crippen LogP) is 21.1. The average molecular weight is 1080 g/mol. The Morgan fingerprint density at radius 3 is 1.37 bits per heavy atom. The summed E-state index contributed by atoms with van der Waals surface area (Å²) in [6.45, 7) is 22.4. The smallest absolute Gasteiger partial charge is 0.156 e. The lowest BCUT2D eigenvalue weighted by Gasteiger charge is -2.24. The maximum absolute atomic E-state index is 7.32. The number of imidazole rings is 2. The fraction of sp³-hybridized carbons (Fsp3) is 0.187. The average Bonchev–Trinajstić information content (AvgIpc) is 1.97. The third kappa shape index (κ3) is 8.69. The Balaban J connectivity index is 1.01. The number of fused-ring (bicyclic) bond motifs is 9. The van der Waals surface area contributed by atoms with Gasteiger partial charge in [-0.1, -0.05) is 152 Å². The minimum Gasteiger partial charge on any atom is -0.457 e. The summed E-state index contributed by atoms with van der Waals surface area (Å²) in [6, 6.07) is 66.7. The van der Waals surface area contributed by atoms with Crippen molar-refractivity contribution in [2.24, 2.45) is 0 Å². The maximum Gasteiger partial charge on any atom is 0.156 e. The lowest BCUT2D eigenvalue weighted by molar-refractivity contribution is 0.483. The molecule has 0 aliphatic rings. The van der Waals surface area contributed by atoms with Gasteiger partial charge in [-0.15, -0.1) is 0 Å². The van der Waals surface area contributed by atoms with Crippen LogP contribution >= 0.6 is 0 Å². The molecule has 8 nitrogen and oxygen atoms in total. The Morgan fingerprint density at radius 2 is 0.843 bits per heavy atom. The van der Waals surface area contributed by atoms with Gasteiger partial charge in [0.2, 0.25) is 0 Å². The molecule has 0 radical (unpaired) electrons. The molecule has 0 aliphatic heterocycles. The lowest BCUT2D eigenvalue weighted by Crippen LogP contribution is -2.09. The van der Waals surface area contributed by atoms with Crippen LogP contribution in [-0.2, 0) is 0 Å². The molecule has 0 spiro atoms. The van der Waals surface area contributed by atoms with E-state index in [0.29, 0.717) is 17.1 Å². The third-order valence-electron chi connectivity index (χ3n) is 16.6. The Kier molecular flexibility index (Phi) is 12.5. The van der Waals surface area contributed by atoms with Crippen LogP contribution in [0.25, 0.3) is 122 Å². The summed E-state index contributed by atoms with van der Waals surface area (Å²) < 4.78 is 26.0. The van der Waals surface area contributed by atoms with E-state index in [4.69, 9.17) is 28.5 Å². The van der Waals surface area contributed by atoms with Gasteiger partial charge in [0.15, 0.2) is 5.58 Å². The summed E-state index contributed by atoms with van der Waals surface area (Å²) in [4.78, 5) is 15.9. The number of furan rings is 2. The number of hydrogen-bond donors (Lipinski definition) is 0. The number of ether oxygens (including phenoxy) is 1. The van der Waals surface area contributed by atoms with Crippen molar-refractivity contribution in [3.63, 3.8) is 0 Å². The molecule has 83 heavy (non-hydrogen) atoms. The SMILES string of the molecule is Cc1cc2c(oc3ccc4oc5c(-c6nc7ccccc7n6-c6c(C(C)C)cc(-c7ccccc7)cc6C(C)C)cc(Oc6cccc(-c7nc8ccccc8n7-c7c(C(C)C)cc(-c8ccccc8)cc7C(C)C)c6)cc5c4c32)c(C)n1. The van der Waals surface area contributed by atoms with Crippen LogP contribution in [0, 0.1) is 13.8 Å². The number of hydrogen-bond acceptors (Lipinski definition) is 6. The molecule has 8 heteroatoms. The summed E-state index contributed by atoms with van der Waals surface area (Å²) >= 11 is 0. The minimum atomic E-state index is 0.174. The monoisotopic (exact) mass is 1080 g/mol. The van der Waals surface area contributed by atoms with E-state index < -0.39 is 0 Å². The number of rotatable bonds is 12. The van der Waals surface area contributed by atoms with Gasteiger partial charge in [0.1, 0.15) is 39.9 Å². The first-order valence-corrected chi connectivity index (χ1v) is 29.2. The van der Waals surface area contributed by atoms with E-state index in [9.17, 15) is 0 Å². The zero-order valence-electron chi connectivity index (χ0n) is 48.7. The number of nitrogens with zero attached hydrogens (tertiary/aromatic N) is 5. The molecule has 408 valence electrons. The van der Waals surface area contributed by atoms with Crippen molar-refractivity contribution in [1.29, 1.82) is 0 Å². The molecule has 0 bridgehead atoms. The standard InChI is InChI=1S/C75H65N5O3/c1-42(2)55-36-51(48-22-13-11-14-23-48)37-56(43(3)4)70(55)79-64-30-19-17-28-62(64)77-74(79)50-26-21-27-53(35-50)81-54-40-60-69-67(33-32-66-68(69)59-34-46(9)76-47(10)72(59)82-66)83-73(60)61(41-54)75-78-63-29-18-20-31-65(63)80(75)71-57(44(5)6)38-52(39-58(71)45(7)8)49-24-15-12-16-25-49/h11-45H,1-10H3. The number of aromatic nitrogens is 5. The van der Waals surface area contributed by atoms with Gasteiger partial charge >= 0.3 is 0 Å². The number of para-hydroxylation sites is 4. The quantitative estimate of drug-likeness (QED) is 0.121. The molecule has 14 aromatic rings. The molecule has 0 N–H and O–H groups in total. The highest BCUT2D eigenvalue weighted by Crippen LogP contribution is 2.48. The molecule has 0 saturated carbocycles. The first-order valence-electron chi connectivity index (χ1n) is 29.2. The summed E-state index contributed by atoms with van der Waals surface area (Å²) in [5, 5.41) is 3.79. The van der Waals surface area contributed by atoms with Gasteiger partial charge in [0.25, 0.3) is 0 Å². The Labute approximate surface area is 483 Å². The topological polar surface area (TPSA) is 84.0 Å². The minimum absolute atomic E-state index is 0.174. The van der Waals surface area contributed by atoms with Gasteiger partial charge < -0.3 is 13.6 Å². The second-order valence-electron chi connectivity index (χ2n) is 23.6. The van der Waals surface area contributed by atoms with Crippen LogP contribution in [0.4, 0.5) is 0 Å². The lowest BCUT2D eigenvalue weighted by atomic mass is 9.88. The number of pyridine rings is 1. The van der Waals surface area contributed by atoms with Gasteiger partial charge in [0.05, 0.1) is 44.7 Å². The second kappa shape index (κ2) is 20.2. The van der Waals surface area contributed by atoms with E-state index in [-0.39, 0.29) is 23.7 Å². The van der Waals surface area contributed by atoms with E-state index in [1.807, 2.05) is 32.0 Å². The molecular weight excluding hydrogens is 1020 g/mol. The van der Waals surface area contributed by atoms with Crippen LogP contribution in [0.15, 0.2) is 197 Å². The molecule has 5 heterocycles. The highest BCUT2D eigenvalue weighted by Gasteiger charge is 2.29. The van der Waals surface area contributed by atoms with E-state index in [0.717, 1.165) is 100 Å². The van der Waals surface area contributed by atoms with Crippen molar-refractivity contribution < 1.29 is 13.6 Å². The van der Waals surface area contributed by atoms with Crippen LogP contribution in [0.1, 0.15) is 113 Å². The van der Waals surface area contributed by atoms with Crippen LogP contribution in [0.2, 0.25) is 0 Å². The molecule has 9 aromatic carbocycles. The van der Waals surface area contributed by atoms with Crippen molar-refractivity contribution in [2.75, 3.05) is 0 Å². The van der Waals surface area contributed by atoms with E-state index in [2.05, 4.69) is 234 Å². The van der Waals surface area contributed by atoms with Crippen molar-refractivity contribution in [1.82, 2.24) is 24.1 Å². The van der Waals surface area contributed by atoms with Crippen molar-refractivity contribution in [3.8, 4) is 67.9 Å². The van der Waals surface area contributed by atoms with Gasteiger partial charge in [-0.3, -0.25) is 14.1 Å². The summed E-state index contributed by atoms with van der Waals surface area (Å²) in [6.07, 6.45) is 0. The zero-order chi connectivity index (χ0) is 56.9. The second-order valence-corrected chi connectivity index (χ2v) is 23.6. The molecule has 14 rings (SSSR count). The Morgan fingerprint density at radius 1 is 0.386 bits per heavy atom. The highest BCUT2D eigenvalue weighted by molar-refractivity contribution is 6.27. The summed E-state index contributed by atoms with van der Waals surface area (Å²) in [7, 11) is 0. The van der Waals surface area contributed by atoms with Gasteiger partial charge in [-0.25, -0.2) is 9.97 Å². The van der Waals surface area contributed by atoms with E-state index >= 15 is 0 Å². The molecule has 0 unspecified atom stereocenters. The van der Waals surface area contributed by atoms with E-state index in [1.54, 1.807) is 0 Å². The maximum atomic E-state index is 7.32. The normalized spacial score (nSPS) is 12.2. The van der Waals surface area contributed by atoms with Crippen LogP contribution < -0.4 is 4.74 Å². The predicted molar refractivity (Wildman–Crippen MR) is 342 cm³/mol. The molecular formula is C75H65N5O3. The van der Waals surface area contributed by atoms with E-state index in [1.165, 1.54) is 50.2 Å². The fourth-order valence-electron chi connectivity index (χ4n) is 12.7. The van der Waals surface area contributed by atoms with Crippen LogP contribution in [-0.4, -0.2) is 24.1 Å². The van der Waals surface area contributed by atoms with Crippen LogP contribution in [0.5, 0.6) is 11.5 Å². The fourth-order valence-corrected chi connectivity index (χ4v) is 12.7. The largest absolute Gasteiger partial charge is 0.457 e. The molecule has 5 aromatic heterocycles. The van der Waals surface area contributed by atoms with Crippen LogP contribution in [0.3, 0.4) is 0 Å². The van der Waals surface area contributed by atoms with Crippen molar-refractivity contribution in [3.05, 3.63) is 222 Å². The molecule has 0 amide bonds. The Bertz CT molecular complexity index is 4800. The van der Waals surface area contributed by atoms with Crippen molar-refractivity contribution in [2.45, 2.75) is 92.9 Å². The Hall–Kier alpha value is -9.53. The first kappa shape index (κ1) is 51.6. The third-order valence-corrected chi connectivity index (χ3v) is 16.6. The number of benzene rings is 9. The van der Waals surface area contributed by atoms with Crippen molar-refractivity contribution >= 4 is 65.9 Å². The molecule has 0 saturated heterocycles. The highest BCUT2D eigenvalue weighted by atomic mass is 16.5. The molecule has 0 atom stereocenters. The molecule has 0 fully saturated rings. The summed E-state index contributed by atoms with van der Waals surface area (Å²) in [5.74, 6) is 3.68. The molecule has 0 aliphatic carbocycles. The van der Waals surface area contributed by atoms with Gasteiger partial charge in [-0.2, -0.15) is 0 Å².